The third-order valence-corrected chi connectivity index (χ3v) is 3.24. The van der Waals surface area contributed by atoms with Crippen LogP contribution in [0.15, 0.2) is 34.8 Å². The Bertz CT molecular complexity index is 490. The molecule has 0 aliphatic carbocycles. The van der Waals surface area contributed by atoms with Crippen LogP contribution in [0.2, 0.25) is 0 Å². The number of halogens is 1. The quantitative estimate of drug-likeness (QED) is 0.680. The van der Waals surface area contributed by atoms with Gasteiger partial charge < -0.3 is 0 Å². The zero-order chi connectivity index (χ0) is 13.9. The van der Waals surface area contributed by atoms with Crippen molar-refractivity contribution < 1.29 is 4.39 Å². The molecule has 98 valence electrons. The molecule has 0 fully saturated rings. The molecule has 1 aromatic rings. The number of hydrogen-bond donors (Lipinski definition) is 0. The van der Waals surface area contributed by atoms with Crippen LogP contribution in [0.25, 0.3) is 0 Å². The van der Waals surface area contributed by atoms with E-state index in [-0.39, 0.29) is 11.2 Å². The van der Waals surface area contributed by atoms with Crippen LogP contribution in [0.1, 0.15) is 38.8 Å². The van der Waals surface area contributed by atoms with Crippen LogP contribution in [0.4, 0.5) is 4.39 Å². The summed E-state index contributed by atoms with van der Waals surface area (Å²) < 4.78 is 13.6. The molecule has 0 N–H and O–H groups in total. The van der Waals surface area contributed by atoms with Crippen molar-refractivity contribution in [3.8, 4) is 0 Å². The maximum absolute atomic E-state index is 13.6. The standard InChI is InChI=1S/C16H22FN/c1-11-7-8-13(10-14(11)17)15(18-6)9-12(2)16(3,4)5/h7-10H,1-6H3. The number of aliphatic imine (C=N–C) groups is 1. The van der Waals surface area contributed by atoms with Gasteiger partial charge in [0.2, 0.25) is 0 Å². The van der Waals surface area contributed by atoms with Crippen molar-refractivity contribution in [2.75, 3.05) is 7.05 Å². The summed E-state index contributed by atoms with van der Waals surface area (Å²) in [7, 11) is 1.74. The summed E-state index contributed by atoms with van der Waals surface area (Å²) in [6, 6.07) is 5.24. The average molecular weight is 247 g/mol. The lowest BCUT2D eigenvalue weighted by Gasteiger charge is -2.20. The van der Waals surface area contributed by atoms with Crippen LogP contribution < -0.4 is 0 Å². The Morgan fingerprint density at radius 2 is 1.89 bits per heavy atom. The van der Waals surface area contributed by atoms with Gasteiger partial charge in [-0.1, -0.05) is 38.5 Å². The topological polar surface area (TPSA) is 12.4 Å². The first-order valence-electron chi connectivity index (χ1n) is 6.18. The molecule has 0 bridgehead atoms. The minimum Gasteiger partial charge on any atom is -0.288 e. The smallest absolute Gasteiger partial charge is 0.126 e. The summed E-state index contributed by atoms with van der Waals surface area (Å²) in [5.74, 6) is -0.185. The van der Waals surface area contributed by atoms with Gasteiger partial charge in [0.05, 0.1) is 5.71 Å². The van der Waals surface area contributed by atoms with Crippen LogP contribution in [0.5, 0.6) is 0 Å². The largest absolute Gasteiger partial charge is 0.288 e. The van der Waals surface area contributed by atoms with Gasteiger partial charge in [-0.3, -0.25) is 4.99 Å². The molecule has 1 aromatic carbocycles. The molecule has 1 rings (SSSR count). The number of nitrogens with zero attached hydrogens (tertiary/aromatic N) is 1. The molecule has 0 spiro atoms. The second-order valence-corrected chi connectivity index (χ2v) is 5.65. The van der Waals surface area contributed by atoms with Gasteiger partial charge in [0.15, 0.2) is 0 Å². The molecule has 0 saturated heterocycles. The van der Waals surface area contributed by atoms with Crippen molar-refractivity contribution in [2.45, 2.75) is 34.6 Å². The van der Waals surface area contributed by atoms with E-state index in [2.05, 4.69) is 32.7 Å². The zero-order valence-corrected chi connectivity index (χ0v) is 12.1. The molecule has 18 heavy (non-hydrogen) atoms. The highest BCUT2D eigenvalue weighted by Crippen LogP contribution is 2.25. The van der Waals surface area contributed by atoms with E-state index in [1.807, 2.05) is 12.1 Å². The van der Waals surface area contributed by atoms with Gasteiger partial charge in [0.1, 0.15) is 5.82 Å². The lowest BCUT2D eigenvalue weighted by molar-refractivity contribution is 0.504. The highest BCUT2D eigenvalue weighted by atomic mass is 19.1. The summed E-state index contributed by atoms with van der Waals surface area (Å²) in [5.41, 5.74) is 3.62. The van der Waals surface area contributed by atoms with E-state index in [1.54, 1.807) is 26.1 Å². The Morgan fingerprint density at radius 3 is 2.33 bits per heavy atom. The fourth-order valence-electron chi connectivity index (χ4n) is 1.45. The van der Waals surface area contributed by atoms with Crippen molar-refractivity contribution in [1.82, 2.24) is 0 Å². The lowest BCUT2D eigenvalue weighted by Crippen LogP contribution is -2.09. The van der Waals surface area contributed by atoms with Gasteiger partial charge in [0, 0.05) is 12.6 Å². The second kappa shape index (κ2) is 5.47. The molecule has 0 aliphatic heterocycles. The first-order chi connectivity index (χ1) is 8.25. The van der Waals surface area contributed by atoms with E-state index in [0.29, 0.717) is 5.56 Å². The third-order valence-electron chi connectivity index (χ3n) is 3.24. The number of aryl methyl sites for hydroxylation is 1. The third kappa shape index (κ3) is 3.52. The molecule has 0 saturated carbocycles. The highest BCUT2D eigenvalue weighted by Gasteiger charge is 2.14. The van der Waals surface area contributed by atoms with Crippen molar-refractivity contribution in [2.24, 2.45) is 10.4 Å². The average Bonchev–Trinajstić information content (AvgIpc) is 2.28. The van der Waals surface area contributed by atoms with E-state index in [1.165, 1.54) is 5.57 Å². The van der Waals surface area contributed by atoms with Gasteiger partial charge in [0.25, 0.3) is 0 Å². The summed E-state index contributed by atoms with van der Waals surface area (Å²) in [6.07, 6.45) is 2.03. The van der Waals surface area contributed by atoms with Crippen molar-refractivity contribution >= 4 is 5.71 Å². The Kier molecular flexibility index (Phi) is 4.44. The maximum atomic E-state index is 13.6. The van der Waals surface area contributed by atoms with Gasteiger partial charge in [-0.2, -0.15) is 0 Å². The van der Waals surface area contributed by atoms with Gasteiger partial charge in [-0.15, -0.1) is 0 Å². The molecule has 0 atom stereocenters. The molecule has 0 unspecified atom stereocenters. The number of benzene rings is 1. The molecule has 0 aliphatic rings. The number of rotatable bonds is 2. The Balaban J connectivity index is 3.17. The highest BCUT2D eigenvalue weighted by molar-refractivity contribution is 6.09. The van der Waals surface area contributed by atoms with E-state index >= 15 is 0 Å². The molecule has 0 heterocycles. The van der Waals surface area contributed by atoms with E-state index in [9.17, 15) is 4.39 Å². The lowest BCUT2D eigenvalue weighted by atomic mass is 9.86. The van der Waals surface area contributed by atoms with E-state index in [0.717, 1.165) is 11.3 Å². The summed E-state index contributed by atoms with van der Waals surface area (Å²) >= 11 is 0. The van der Waals surface area contributed by atoms with Gasteiger partial charge in [-0.25, -0.2) is 4.39 Å². The summed E-state index contributed by atoms with van der Waals surface area (Å²) in [5, 5.41) is 0. The molecule has 0 radical (unpaired) electrons. The van der Waals surface area contributed by atoms with Crippen LogP contribution in [0, 0.1) is 18.2 Å². The van der Waals surface area contributed by atoms with Crippen molar-refractivity contribution in [3.05, 3.63) is 46.8 Å². The minimum atomic E-state index is -0.185. The summed E-state index contributed by atoms with van der Waals surface area (Å²) in [6.45, 7) is 10.3. The van der Waals surface area contributed by atoms with Crippen LogP contribution >= 0.6 is 0 Å². The molecular formula is C16H22FN. The molecule has 0 amide bonds. The predicted octanol–water partition coefficient (Wildman–Crippen LogP) is 4.55. The Labute approximate surface area is 109 Å². The van der Waals surface area contributed by atoms with Crippen LogP contribution in [-0.4, -0.2) is 12.8 Å². The second-order valence-electron chi connectivity index (χ2n) is 5.65. The molecular weight excluding hydrogens is 225 g/mol. The van der Waals surface area contributed by atoms with E-state index < -0.39 is 0 Å². The SMILES string of the molecule is CN=C(C=C(C)C(C)(C)C)c1ccc(C)c(F)c1. The van der Waals surface area contributed by atoms with Gasteiger partial charge in [-0.05, 0) is 37.0 Å². The molecule has 1 nitrogen and oxygen atoms in total. The van der Waals surface area contributed by atoms with Crippen molar-refractivity contribution in [3.63, 3.8) is 0 Å². The predicted molar refractivity (Wildman–Crippen MR) is 76.8 cm³/mol. The number of allylic oxidation sites excluding steroid dienone is 2. The maximum Gasteiger partial charge on any atom is 0.126 e. The normalized spacial score (nSPS) is 13.9. The molecule has 0 aromatic heterocycles. The fraction of sp³-hybridized carbons (Fsp3) is 0.438. The number of hydrogen-bond acceptors (Lipinski definition) is 1. The zero-order valence-electron chi connectivity index (χ0n) is 12.1. The monoisotopic (exact) mass is 247 g/mol. The van der Waals surface area contributed by atoms with Crippen molar-refractivity contribution in [1.29, 1.82) is 0 Å². The van der Waals surface area contributed by atoms with Crippen LogP contribution in [-0.2, 0) is 0 Å². The van der Waals surface area contributed by atoms with E-state index in [4.69, 9.17) is 0 Å². The minimum absolute atomic E-state index is 0.0964. The van der Waals surface area contributed by atoms with Crippen LogP contribution in [0.3, 0.4) is 0 Å². The Hall–Kier alpha value is -1.44. The first kappa shape index (κ1) is 14.6. The Morgan fingerprint density at radius 1 is 1.28 bits per heavy atom. The van der Waals surface area contributed by atoms with Gasteiger partial charge >= 0.3 is 0 Å². The molecule has 2 heteroatoms. The fourth-order valence-corrected chi connectivity index (χ4v) is 1.45. The summed E-state index contributed by atoms with van der Waals surface area (Å²) in [4.78, 5) is 4.26. The first-order valence-corrected chi connectivity index (χ1v) is 6.18.